The van der Waals surface area contributed by atoms with Crippen molar-refractivity contribution in [2.24, 2.45) is 10.2 Å². The van der Waals surface area contributed by atoms with Gasteiger partial charge in [-0.1, -0.05) is 0 Å². The van der Waals surface area contributed by atoms with Crippen molar-refractivity contribution < 1.29 is 18.3 Å². The van der Waals surface area contributed by atoms with E-state index in [1.54, 1.807) is 68.8 Å². The molecular weight excluding hydrogens is 387 g/mol. The van der Waals surface area contributed by atoms with E-state index in [4.69, 9.17) is 13.9 Å². The van der Waals surface area contributed by atoms with E-state index in [1.165, 1.54) is 12.1 Å². The Morgan fingerprint density at radius 1 is 0.767 bits per heavy atom. The van der Waals surface area contributed by atoms with Crippen LogP contribution in [0.3, 0.4) is 0 Å². The Kier molecular flexibility index (Phi) is 5.47. The summed E-state index contributed by atoms with van der Waals surface area (Å²) in [6.45, 7) is 0. The summed E-state index contributed by atoms with van der Waals surface area (Å²) in [6, 6.07) is 18.3. The van der Waals surface area contributed by atoms with Crippen molar-refractivity contribution >= 4 is 11.4 Å². The van der Waals surface area contributed by atoms with Crippen molar-refractivity contribution in [3.8, 4) is 34.4 Å². The molecule has 7 nitrogen and oxygen atoms in total. The van der Waals surface area contributed by atoms with Gasteiger partial charge in [-0.15, -0.1) is 15.3 Å². The van der Waals surface area contributed by atoms with Crippen LogP contribution < -0.4 is 9.47 Å². The predicted octanol–water partition coefficient (Wildman–Crippen LogP) is 5.98. The van der Waals surface area contributed by atoms with Gasteiger partial charge in [-0.05, 0) is 60.7 Å². The quantitative estimate of drug-likeness (QED) is 0.370. The highest BCUT2D eigenvalue weighted by Gasteiger charge is 2.11. The summed E-state index contributed by atoms with van der Waals surface area (Å²) in [5.74, 6) is 1.60. The van der Waals surface area contributed by atoms with Crippen LogP contribution in [-0.4, -0.2) is 24.4 Å². The Morgan fingerprint density at radius 3 is 2.00 bits per heavy atom. The van der Waals surface area contributed by atoms with Crippen molar-refractivity contribution in [2.75, 3.05) is 14.2 Å². The molecule has 1 heterocycles. The van der Waals surface area contributed by atoms with Crippen LogP contribution in [0.15, 0.2) is 81.4 Å². The van der Waals surface area contributed by atoms with Gasteiger partial charge in [-0.2, -0.15) is 5.11 Å². The fraction of sp³-hybridized carbons (Fsp3) is 0.0909. The Balaban J connectivity index is 1.52. The molecule has 0 saturated carbocycles. The van der Waals surface area contributed by atoms with Crippen molar-refractivity contribution in [1.29, 1.82) is 0 Å². The van der Waals surface area contributed by atoms with E-state index in [1.807, 2.05) is 0 Å². The number of aromatic nitrogens is 2. The third kappa shape index (κ3) is 4.17. The van der Waals surface area contributed by atoms with Gasteiger partial charge in [0, 0.05) is 17.2 Å². The van der Waals surface area contributed by atoms with E-state index in [-0.39, 0.29) is 5.82 Å². The zero-order valence-electron chi connectivity index (χ0n) is 16.2. The lowest BCUT2D eigenvalue weighted by Crippen LogP contribution is -1.86. The molecule has 1 aromatic heterocycles. The average molecular weight is 404 g/mol. The summed E-state index contributed by atoms with van der Waals surface area (Å²) < 4.78 is 29.3. The highest BCUT2D eigenvalue weighted by Crippen LogP contribution is 2.33. The minimum atomic E-state index is -0.324. The van der Waals surface area contributed by atoms with Crippen LogP contribution in [-0.2, 0) is 0 Å². The predicted molar refractivity (Wildman–Crippen MR) is 109 cm³/mol. The number of hydrogen-bond acceptors (Lipinski definition) is 7. The molecule has 4 aromatic rings. The third-order valence-corrected chi connectivity index (χ3v) is 4.29. The first-order valence-electron chi connectivity index (χ1n) is 9.00. The van der Waals surface area contributed by atoms with Gasteiger partial charge in [0.05, 0.1) is 19.9 Å². The van der Waals surface area contributed by atoms with Crippen molar-refractivity contribution in [3.05, 3.63) is 72.5 Å². The third-order valence-electron chi connectivity index (χ3n) is 4.29. The number of nitrogens with zero attached hydrogens (tertiary/aromatic N) is 4. The molecule has 0 saturated heterocycles. The molecule has 0 amide bonds. The molecule has 0 spiro atoms. The summed E-state index contributed by atoms with van der Waals surface area (Å²) in [5, 5.41) is 16.6. The Hall–Kier alpha value is -4.07. The second kappa shape index (κ2) is 8.52. The highest BCUT2D eigenvalue weighted by atomic mass is 19.1. The van der Waals surface area contributed by atoms with Crippen LogP contribution in [0.2, 0.25) is 0 Å². The molecule has 8 heteroatoms. The van der Waals surface area contributed by atoms with E-state index in [0.29, 0.717) is 40.2 Å². The second-order valence-electron chi connectivity index (χ2n) is 6.20. The Bertz CT molecular complexity index is 1170. The lowest BCUT2D eigenvalue weighted by Gasteiger charge is -2.05. The molecule has 0 atom stereocenters. The SMILES string of the molecule is COc1ccc(OC)c(N=Nc2ccc(-c3nnc(-c4ccc(F)cc4)o3)cc2)c1. The number of hydrogen-bond donors (Lipinski definition) is 0. The van der Waals surface area contributed by atoms with Crippen molar-refractivity contribution in [2.45, 2.75) is 0 Å². The van der Waals surface area contributed by atoms with E-state index in [9.17, 15) is 4.39 Å². The monoisotopic (exact) mass is 404 g/mol. The smallest absolute Gasteiger partial charge is 0.248 e. The Morgan fingerprint density at radius 2 is 1.40 bits per heavy atom. The van der Waals surface area contributed by atoms with Crippen LogP contribution >= 0.6 is 0 Å². The number of ether oxygens (including phenoxy) is 2. The molecular formula is C22H17FN4O3. The highest BCUT2D eigenvalue weighted by molar-refractivity contribution is 5.60. The molecule has 0 aliphatic carbocycles. The molecule has 0 fully saturated rings. The first-order chi connectivity index (χ1) is 14.7. The van der Waals surface area contributed by atoms with Gasteiger partial charge < -0.3 is 13.9 Å². The average Bonchev–Trinajstić information content (AvgIpc) is 3.28. The first kappa shape index (κ1) is 19.3. The standard InChI is InChI=1S/C22H17FN4O3/c1-28-18-11-12-20(29-2)19(13-18)25-24-17-9-5-15(6-10-17)22-27-26-21(30-22)14-3-7-16(23)8-4-14/h3-13H,1-2H3. The molecule has 0 N–H and O–H groups in total. The molecule has 30 heavy (non-hydrogen) atoms. The lowest BCUT2D eigenvalue weighted by atomic mass is 10.2. The van der Waals surface area contributed by atoms with Crippen molar-refractivity contribution in [3.63, 3.8) is 0 Å². The summed E-state index contributed by atoms with van der Waals surface area (Å²) in [5.41, 5.74) is 2.57. The van der Waals surface area contributed by atoms with Crippen LogP contribution in [0.5, 0.6) is 11.5 Å². The van der Waals surface area contributed by atoms with Gasteiger partial charge in [0.15, 0.2) is 0 Å². The van der Waals surface area contributed by atoms with E-state index >= 15 is 0 Å². The molecule has 0 aliphatic heterocycles. The maximum absolute atomic E-state index is 13.1. The number of methoxy groups -OCH3 is 2. The molecule has 150 valence electrons. The number of rotatable bonds is 6. The summed E-state index contributed by atoms with van der Waals surface area (Å²) in [4.78, 5) is 0. The minimum absolute atomic E-state index is 0.318. The van der Waals surface area contributed by atoms with Crippen molar-refractivity contribution in [1.82, 2.24) is 10.2 Å². The van der Waals surface area contributed by atoms with Crippen LogP contribution in [0.1, 0.15) is 0 Å². The lowest BCUT2D eigenvalue weighted by molar-refractivity contribution is 0.404. The molecule has 0 unspecified atom stereocenters. The van der Waals surface area contributed by atoms with E-state index in [0.717, 1.165) is 5.56 Å². The molecule has 0 aliphatic rings. The van der Waals surface area contributed by atoms with Crippen LogP contribution in [0.4, 0.5) is 15.8 Å². The van der Waals surface area contributed by atoms with Crippen LogP contribution in [0.25, 0.3) is 22.9 Å². The molecule has 3 aromatic carbocycles. The van der Waals surface area contributed by atoms with Gasteiger partial charge >= 0.3 is 0 Å². The summed E-state index contributed by atoms with van der Waals surface area (Å²) in [7, 11) is 3.15. The fourth-order valence-electron chi connectivity index (χ4n) is 2.71. The molecule has 4 rings (SSSR count). The minimum Gasteiger partial charge on any atom is -0.497 e. The molecule has 0 bridgehead atoms. The number of benzene rings is 3. The normalized spacial score (nSPS) is 11.0. The summed E-state index contributed by atoms with van der Waals surface area (Å²) in [6.07, 6.45) is 0. The van der Waals surface area contributed by atoms with Crippen LogP contribution in [0, 0.1) is 5.82 Å². The second-order valence-corrected chi connectivity index (χ2v) is 6.20. The van der Waals surface area contributed by atoms with Gasteiger partial charge in [0.25, 0.3) is 0 Å². The van der Waals surface area contributed by atoms with E-state index < -0.39 is 0 Å². The van der Waals surface area contributed by atoms with Gasteiger partial charge in [0.2, 0.25) is 11.8 Å². The zero-order valence-corrected chi connectivity index (χ0v) is 16.2. The maximum atomic E-state index is 13.1. The maximum Gasteiger partial charge on any atom is 0.248 e. The zero-order chi connectivity index (χ0) is 20.9. The van der Waals surface area contributed by atoms with Gasteiger partial charge in [-0.25, -0.2) is 4.39 Å². The van der Waals surface area contributed by atoms with Gasteiger partial charge in [0.1, 0.15) is 23.0 Å². The fourth-order valence-corrected chi connectivity index (χ4v) is 2.71. The Labute approximate surface area is 171 Å². The first-order valence-corrected chi connectivity index (χ1v) is 9.00. The number of halogens is 1. The van der Waals surface area contributed by atoms with Gasteiger partial charge in [-0.3, -0.25) is 0 Å². The number of azo groups is 1. The topological polar surface area (TPSA) is 82.1 Å². The summed E-state index contributed by atoms with van der Waals surface area (Å²) >= 11 is 0. The molecule has 0 radical (unpaired) electrons. The van der Waals surface area contributed by atoms with E-state index in [2.05, 4.69) is 20.4 Å². The largest absolute Gasteiger partial charge is 0.497 e.